The van der Waals surface area contributed by atoms with Gasteiger partial charge >= 0.3 is 5.97 Å². The highest BCUT2D eigenvalue weighted by atomic mass is 19.1. The molecule has 0 radical (unpaired) electrons. The molecule has 0 bridgehead atoms. The molecule has 1 aliphatic carbocycles. The van der Waals surface area contributed by atoms with Crippen LogP contribution in [0.25, 0.3) is 0 Å². The average molecular weight is 130 g/mol. The van der Waals surface area contributed by atoms with E-state index in [9.17, 15) is 9.18 Å². The summed E-state index contributed by atoms with van der Waals surface area (Å²) in [6, 6.07) is 0. The van der Waals surface area contributed by atoms with Crippen LogP contribution < -0.4 is 0 Å². The molecule has 0 spiro atoms. The predicted octanol–water partition coefficient (Wildman–Crippen LogP) is 0.985. The van der Waals surface area contributed by atoms with Crippen molar-refractivity contribution in [1.29, 1.82) is 0 Å². The molecule has 1 rings (SSSR count). The minimum absolute atomic E-state index is 0.330. The van der Waals surface area contributed by atoms with Gasteiger partial charge in [0.05, 0.1) is 5.92 Å². The Bertz CT molecular complexity index is 153. The Labute approximate surface area is 52.0 Å². The lowest BCUT2D eigenvalue weighted by molar-refractivity contribution is -0.142. The van der Waals surface area contributed by atoms with E-state index in [0.29, 0.717) is 6.42 Å². The molecule has 9 heavy (non-hydrogen) atoms. The summed E-state index contributed by atoms with van der Waals surface area (Å²) < 4.78 is 12.4. The molecule has 0 heterocycles. The zero-order valence-electron chi connectivity index (χ0n) is 4.75. The third-order valence-corrected chi connectivity index (χ3v) is 1.41. The van der Waals surface area contributed by atoms with Gasteiger partial charge in [0.25, 0.3) is 0 Å². The molecule has 0 aromatic rings. The van der Waals surface area contributed by atoms with E-state index in [-0.39, 0.29) is 0 Å². The van der Waals surface area contributed by atoms with Crippen LogP contribution in [0.2, 0.25) is 0 Å². The predicted molar refractivity (Wildman–Crippen MR) is 29.8 cm³/mol. The van der Waals surface area contributed by atoms with E-state index < -0.39 is 18.1 Å². The van der Waals surface area contributed by atoms with Crippen molar-refractivity contribution in [2.45, 2.75) is 12.6 Å². The van der Waals surface area contributed by atoms with Gasteiger partial charge in [-0.2, -0.15) is 0 Å². The van der Waals surface area contributed by atoms with E-state index in [0.717, 1.165) is 0 Å². The van der Waals surface area contributed by atoms with Crippen molar-refractivity contribution in [3.8, 4) is 0 Å². The molecule has 1 N–H and O–H groups in total. The first-order chi connectivity index (χ1) is 4.22. The number of carboxylic acid groups (broad SMARTS) is 1. The molecule has 0 saturated carbocycles. The van der Waals surface area contributed by atoms with Crippen molar-refractivity contribution < 1.29 is 14.3 Å². The second-order valence-electron chi connectivity index (χ2n) is 2.05. The number of rotatable bonds is 1. The molecule has 0 amide bonds. The largest absolute Gasteiger partial charge is 0.481 e. The standard InChI is InChI=1S/C6H7FO2/c7-5-3-1-2-4(5)6(8)9/h1,3-5H,2H2,(H,8,9). The van der Waals surface area contributed by atoms with E-state index in [2.05, 4.69) is 0 Å². The lowest BCUT2D eigenvalue weighted by Crippen LogP contribution is -2.18. The fourth-order valence-corrected chi connectivity index (χ4v) is 0.856. The fraction of sp³-hybridized carbons (Fsp3) is 0.500. The summed E-state index contributed by atoms with van der Waals surface area (Å²) in [6.07, 6.45) is 1.90. The SMILES string of the molecule is O=C(O)C1CC=CC1F. The maximum Gasteiger partial charge on any atom is 0.310 e. The molecule has 0 aliphatic heterocycles. The van der Waals surface area contributed by atoms with E-state index in [1.54, 1.807) is 6.08 Å². The molecule has 2 atom stereocenters. The van der Waals surface area contributed by atoms with Gasteiger partial charge in [0, 0.05) is 0 Å². The van der Waals surface area contributed by atoms with Crippen LogP contribution in [-0.4, -0.2) is 17.2 Å². The van der Waals surface area contributed by atoms with Gasteiger partial charge in [-0.25, -0.2) is 4.39 Å². The first kappa shape index (κ1) is 6.26. The van der Waals surface area contributed by atoms with Gasteiger partial charge in [0.2, 0.25) is 0 Å². The Morgan fingerprint density at radius 2 is 2.44 bits per heavy atom. The molecular formula is C6H7FO2. The normalized spacial score (nSPS) is 33.0. The highest BCUT2D eigenvalue weighted by Gasteiger charge is 2.28. The lowest BCUT2D eigenvalue weighted by Gasteiger charge is -2.03. The Balaban J connectivity index is 2.55. The summed E-state index contributed by atoms with van der Waals surface area (Å²) in [5.74, 6) is -1.88. The van der Waals surface area contributed by atoms with Crippen molar-refractivity contribution in [3.63, 3.8) is 0 Å². The van der Waals surface area contributed by atoms with Crippen LogP contribution in [0.15, 0.2) is 12.2 Å². The highest BCUT2D eigenvalue weighted by Crippen LogP contribution is 2.21. The third-order valence-electron chi connectivity index (χ3n) is 1.41. The third kappa shape index (κ3) is 1.09. The second kappa shape index (κ2) is 2.17. The molecule has 2 unspecified atom stereocenters. The molecule has 0 saturated heterocycles. The van der Waals surface area contributed by atoms with Crippen molar-refractivity contribution in [1.82, 2.24) is 0 Å². The Morgan fingerprint density at radius 3 is 2.67 bits per heavy atom. The zero-order valence-corrected chi connectivity index (χ0v) is 4.75. The molecule has 0 aromatic carbocycles. The van der Waals surface area contributed by atoms with Crippen molar-refractivity contribution in [3.05, 3.63) is 12.2 Å². The first-order valence-electron chi connectivity index (χ1n) is 2.75. The van der Waals surface area contributed by atoms with Crippen LogP contribution in [0, 0.1) is 5.92 Å². The van der Waals surface area contributed by atoms with Crippen LogP contribution in [0.5, 0.6) is 0 Å². The molecule has 0 fully saturated rings. The topological polar surface area (TPSA) is 37.3 Å². The first-order valence-corrected chi connectivity index (χ1v) is 2.75. The molecular weight excluding hydrogens is 123 g/mol. The van der Waals surface area contributed by atoms with E-state index >= 15 is 0 Å². The van der Waals surface area contributed by atoms with E-state index in [4.69, 9.17) is 5.11 Å². The Kier molecular flexibility index (Phi) is 1.51. The average Bonchev–Trinajstić information content (AvgIpc) is 2.13. The highest BCUT2D eigenvalue weighted by molar-refractivity contribution is 5.72. The Morgan fingerprint density at radius 1 is 1.78 bits per heavy atom. The number of allylic oxidation sites excluding steroid dienone is 2. The Hall–Kier alpha value is -0.860. The van der Waals surface area contributed by atoms with Gasteiger partial charge < -0.3 is 5.11 Å². The summed E-state index contributed by atoms with van der Waals surface area (Å²) in [4.78, 5) is 10.1. The number of hydrogen-bond acceptors (Lipinski definition) is 1. The number of aliphatic carboxylic acids is 1. The smallest absolute Gasteiger partial charge is 0.310 e. The monoisotopic (exact) mass is 130 g/mol. The number of halogens is 1. The molecule has 50 valence electrons. The van der Waals surface area contributed by atoms with Gasteiger partial charge in [0.15, 0.2) is 0 Å². The summed E-state index contributed by atoms with van der Waals surface area (Å²) in [6.45, 7) is 0. The molecule has 0 aromatic heterocycles. The van der Waals surface area contributed by atoms with Crippen LogP contribution in [0.1, 0.15) is 6.42 Å². The summed E-state index contributed by atoms with van der Waals surface area (Å²) in [5.41, 5.74) is 0. The molecule has 2 nitrogen and oxygen atoms in total. The van der Waals surface area contributed by atoms with Crippen LogP contribution >= 0.6 is 0 Å². The molecule has 1 aliphatic rings. The van der Waals surface area contributed by atoms with Crippen LogP contribution in [-0.2, 0) is 4.79 Å². The van der Waals surface area contributed by atoms with Crippen molar-refractivity contribution >= 4 is 5.97 Å². The van der Waals surface area contributed by atoms with Crippen molar-refractivity contribution in [2.75, 3.05) is 0 Å². The van der Waals surface area contributed by atoms with Crippen LogP contribution in [0.3, 0.4) is 0 Å². The van der Waals surface area contributed by atoms with Crippen molar-refractivity contribution in [2.24, 2.45) is 5.92 Å². The van der Waals surface area contributed by atoms with Gasteiger partial charge in [-0.05, 0) is 6.42 Å². The van der Waals surface area contributed by atoms with Gasteiger partial charge in [-0.3, -0.25) is 4.79 Å². The lowest BCUT2D eigenvalue weighted by atomic mass is 10.1. The fourth-order valence-electron chi connectivity index (χ4n) is 0.856. The number of alkyl halides is 1. The maximum atomic E-state index is 12.4. The number of carbonyl (C=O) groups is 1. The summed E-state index contributed by atoms with van der Waals surface area (Å²) in [5, 5.41) is 8.30. The minimum atomic E-state index is -1.28. The van der Waals surface area contributed by atoms with E-state index in [1.807, 2.05) is 0 Å². The second-order valence-corrected chi connectivity index (χ2v) is 2.05. The van der Waals surface area contributed by atoms with Gasteiger partial charge in [-0.15, -0.1) is 0 Å². The molecule has 3 heteroatoms. The number of carboxylic acids is 1. The maximum absolute atomic E-state index is 12.4. The van der Waals surface area contributed by atoms with Gasteiger partial charge in [-0.1, -0.05) is 12.2 Å². The van der Waals surface area contributed by atoms with E-state index in [1.165, 1.54) is 6.08 Å². The van der Waals surface area contributed by atoms with Gasteiger partial charge in [0.1, 0.15) is 6.17 Å². The zero-order chi connectivity index (χ0) is 6.85. The van der Waals surface area contributed by atoms with Crippen LogP contribution in [0.4, 0.5) is 4.39 Å². The number of hydrogen-bond donors (Lipinski definition) is 1. The minimum Gasteiger partial charge on any atom is -0.481 e. The summed E-state index contributed by atoms with van der Waals surface area (Å²) in [7, 11) is 0. The summed E-state index contributed by atoms with van der Waals surface area (Å²) >= 11 is 0. The quantitative estimate of drug-likeness (QED) is 0.537.